The molecule has 2 fully saturated rings. The molecule has 2 aromatic carbocycles. The number of rotatable bonds is 1. The van der Waals surface area contributed by atoms with E-state index in [1.807, 2.05) is 12.1 Å². The van der Waals surface area contributed by atoms with Gasteiger partial charge < -0.3 is 5.11 Å². The monoisotopic (exact) mass is 314 g/mol. The highest BCUT2D eigenvalue weighted by Crippen LogP contribution is 2.47. The van der Waals surface area contributed by atoms with E-state index >= 15 is 0 Å². The van der Waals surface area contributed by atoms with Gasteiger partial charge in [-0.1, -0.05) is 42.8 Å². The first kappa shape index (κ1) is 14.4. The summed E-state index contributed by atoms with van der Waals surface area (Å²) in [5.41, 5.74) is 1.39. The van der Waals surface area contributed by atoms with Crippen molar-refractivity contribution < 1.29 is 9.32 Å². The van der Waals surface area contributed by atoms with E-state index in [2.05, 4.69) is 31.2 Å². The molecule has 2 atom stereocenters. The zero-order chi connectivity index (χ0) is 15.3. The fraction of sp³-hybridized carbons (Fsp3) is 0.474. The standard InChI is InChI=1S/C19H22O2S/c1-13-9-10-14-5-2-3-8-17(14)18(13)19(20)11-15-6-4-7-16(12-19)22(15)21/h2-3,5,8-10,15-16,20H,4,6-7,11-12H2,1H3. The fourth-order valence-electron chi connectivity index (χ4n) is 4.49. The van der Waals surface area contributed by atoms with Crippen molar-refractivity contribution in [2.75, 3.05) is 0 Å². The van der Waals surface area contributed by atoms with E-state index in [0.717, 1.165) is 35.8 Å². The zero-order valence-electron chi connectivity index (χ0n) is 12.9. The predicted octanol–water partition coefficient (Wildman–Crippen LogP) is 3.80. The summed E-state index contributed by atoms with van der Waals surface area (Å²) < 4.78 is 12.5. The Bertz CT molecular complexity index is 736. The van der Waals surface area contributed by atoms with Gasteiger partial charge in [-0.05, 0) is 54.5 Å². The van der Waals surface area contributed by atoms with Crippen molar-refractivity contribution in [3.05, 3.63) is 47.5 Å². The summed E-state index contributed by atoms with van der Waals surface area (Å²) in [5, 5.41) is 14.2. The summed E-state index contributed by atoms with van der Waals surface area (Å²) in [4.78, 5) is 0. The van der Waals surface area contributed by atoms with Crippen molar-refractivity contribution in [3.63, 3.8) is 0 Å². The number of aryl methyl sites for hydroxylation is 1. The lowest BCUT2D eigenvalue weighted by molar-refractivity contribution is 0.00740. The Kier molecular flexibility index (Phi) is 3.39. The van der Waals surface area contributed by atoms with Gasteiger partial charge in [0.05, 0.1) is 5.60 Å². The van der Waals surface area contributed by atoms with Gasteiger partial charge in [0.25, 0.3) is 0 Å². The normalized spacial score (nSPS) is 34.7. The van der Waals surface area contributed by atoms with Crippen LogP contribution in [0.2, 0.25) is 0 Å². The van der Waals surface area contributed by atoms with Crippen LogP contribution in [0, 0.1) is 6.92 Å². The van der Waals surface area contributed by atoms with E-state index < -0.39 is 16.4 Å². The zero-order valence-corrected chi connectivity index (χ0v) is 13.7. The minimum Gasteiger partial charge on any atom is -0.385 e. The molecule has 2 bridgehead atoms. The van der Waals surface area contributed by atoms with Crippen molar-refractivity contribution in [1.29, 1.82) is 0 Å². The van der Waals surface area contributed by atoms with Gasteiger partial charge >= 0.3 is 0 Å². The van der Waals surface area contributed by atoms with Crippen molar-refractivity contribution >= 4 is 21.6 Å². The lowest BCUT2D eigenvalue weighted by atomic mass is 9.77. The molecule has 4 rings (SSSR count). The lowest BCUT2D eigenvalue weighted by Crippen LogP contribution is -2.47. The molecular formula is C19H22O2S. The molecule has 1 N–H and O–H groups in total. The molecule has 2 aromatic rings. The molecule has 2 nitrogen and oxygen atoms in total. The van der Waals surface area contributed by atoms with E-state index in [9.17, 15) is 9.32 Å². The van der Waals surface area contributed by atoms with Gasteiger partial charge in [-0.25, -0.2) is 0 Å². The van der Waals surface area contributed by atoms with Gasteiger partial charge in [0.15, 0.2) is 0 Å². The minimum absolute atomic E-state index is 0.163. The number of fused-ring (bicyclic) bond motifs is 3. The summed E-state index contributed by atoms with van der Waals surface area (Å²) >= 11 is 0. The van der Waals surface area contributed by atoms with Gasteiger partial charge in [-0.2, -0.15) is 0 Å². The topological polar surface area (TPSA) is 37.3 Å². The van der Waals surface area contributed by atoms with Crippen LogP contribution in [0.1, 0.15) is 43.2 Å². The molecule has 0 radical (unpaired) electrons. The van der Waals surface area contributed by atoms with Gasteiger partial charge in [0, 0.05) is 21.3 Å². The molecule has 2 aliphatic heterocycles. The Hall–Kier alpha value is -1.19. The van der Waals surface area contributed by atoms with E-state index in [1.165, 1.54) is 5.39 Å². The average Bonchev–Trinajstić information content (AvgIpc) is 2.49. The van der Waals surface area contributed by atoms with Crippen LogP contribution in [0.4, 0.5) is 0 Å². The first-order chi connectivity index (χ1) is 10.6. The third kappa shape index (κ3) is 2.14. The summed E-state index contributed by atoms with van der Waals surface area (Å²) in [6.07, 6.45) is 4.44. The summed E-state index contributed by atoms with van der Waals surface area (Å²) in [6.45, 7) is 2.08. The highest BCUT2D eigenvalue weighted by molar-refractivity contribution is 7.86. The smallest absolute Gasteiger partial charge is 0.0928 e. The van der Waals surface area contributed by atoms with E-state index in [0.29, 0.717) is 12.8 Å². The van der Waals surface area contributed by atoms with Crippen molar-refractivity contribution in [2.24, 2.45) is 0 Å². The third-order valence-electron chi connectivity index (χ3n) is 5.44. The third-order valence-corrected chi connectivity index (χ3v) is 7.56. The molecule has 3 heteroatoms. The molecular weight excluding hydrogens is 292 g/mol. The van der Waals surface area contributed by atoms with Crippen molar-refractivity contribution in [1.82, 2.24) is 0 Å². The lowest BCUT2D eigenvalue weighted by Gasteiger charge is -2.44. The maximum atomic E-state index is 12.5. The second-order valence-corrected chi connectivity index (χ2v) is 8.91. The Balaban J connectivity index is 1.88. The average molecular weight is 314 g/mol. The van der Waals surface area contributed by atoms with Gasteiger partial charge in [-0.3, -0.25) is 4.21 Å². The SMILES string of the molecule is Cc1ccc2ccccc2c1C1(O)CC2CCCC(C1)S2=O. The first-order valence-electron chi connectivity index (χ1n) is 8.19. The maximum Gasteiger partial charge on any atom is 0.0928 e. The van der Waals surface area contributed by atoms with Crippen molar-refractivity contribution in [2.45, 2.75) is 55.1 Å². The molecule has 2 saturated heterocycles. The summed E-state index contributed by atoms with van der Waals surface area (Å²) in [7, 11) is -0.757. The van der Waals surface area contributed by atoms with Crippen LogP contribution in [-0.4, -0.2) is 19.8 Å². The molecule has 2 aliphatic rings. The Labute approximate surface area is 134 Å². The molecule has 0 saturated carbocycles. The quantitative estimate of drug-likeness (QED) is 0.869. The molecule has 0 aliphatic carbocycles. The van der Waals surface area contributed by atoms with E-state index in [1.54, 1.807) is 0 Å². The molecule has 0 aromatic heterocycles. The number of hydrogen-bond donors (Lipinski definition) is 1. The van der Waals surface area contributed by atoms with Gasteiger partial charge in [0.2, 0.25) is 0 Å². The highest BCUT2D eigenvalue weighted by atomic mass is 32.2. The van der Waals surface area contributed by atoms with Gasteiger partial charge in [-0.15, -0.1) is 0 Å². The van der Waals surface area contributed by atoms with Crippen LogP contribution < -0.4 is 0 Å². The minimum atomic E-state index is -0.825. The predicted molar refractivity (Wildman–Crippen MR) is 91.4 cm³/mol. The van der Waals surface area contributed by atoms with E-state index in [-0.39, 0.29) is 10.5 Å². The molecule has 22 heavy (non-hydrogen) atoms. The van der Waals surface area contributed by atoms with Crippen LogP contribution in [0.25, 0.3) is 10.8 Å². The maximum absolute atomic E-state index is 12.5. The number of benzene rings is 2. The highest BCUT2D eigenvalue weighted by Gasteiger charge is 2.47. The second-order valence-electron chi connectivity index (χ2n) is 6.92. The Morgan fingerprint density at radius 3 is 2.50 bits per heavy atom. The summed E-state index contributed by atoms with van der Waals surface area (Å²) in [6, 6.07) is 12.5. The second kappa shape index (κ2) is 5.17. The first-order valence-corrected chi connectivity index (χ1v) is 9.47. The Morgan fingerprint density at radius 2 is 1.77 bits per heavy atom. The Morgan fingerprint density at radius 1 is 1.09 bits per heavy atom. The van der Waals surface area contributed by atoms with Crippen molar-refractivity contribution in [3.8, 4) is 0 Å². The molecule has 116 valence electrons. The molecule has 2 heterocycles. The molecule has 0 amide bonds. The van der Waals surface area contributed by atoms with Crippen LogP contribution in [0.5, 0.6) is 0 Å². The van der Waals surface area contributed by atoms with Crippen LogP contribution in [0.3, 0.4) is 0 Å². The van der Waals surface area contributed by atoms with E-state index in [4.69, 9.17) is 0 Å². The van der Waals surface area contributed by atoms with Crippen LogP contribution >= 0.6 is 0 Å². The van der Waals surface area contributed by atoms with Crippen LogP contribution in [-0.2, 0) is 16.4 Å². The number of hydrogen-bond acceptors (Lipinski definition) is 2. The largest absolute Gasteiger partial charge is 0.385 e. The van der Waals surface area contributed by atoms with Crippen LogP contribution in [0.15, 0.2) is 36.4 Å². The van der Waals surface area contributed by atoms with Gasteiger partial charge in [0.1, 0.15) is 0 Å². The molecule has 2 unspecified atom stereocenters. The number of aliphatic hydroxyl groups is 1. The fourth-order valence-corrected chi connectivity index (χ4v) is 6.71. The summed E-state index contributed by atoms with van der Waals surface area (Å²) in [5.74, 6) is 0. The molecule has 0 spiro atoms.